The number of rotatable bonds is 2. The van der Waals surface area contributed by atoms with Crippen LogP contribution in [0.5, 0.6) is 0 Å². The van der Waals surface area contributed by atoms with Gasteiger partial charge in [0, 0.05) is 17.9 Å². The monoisotopic (exact) mass is 257 g/mol. The number of carbonyl (C=O) groups excluding carboxylic acids is 1. The van der Waals surface area contributed by atoms with Gasteiger partial charge >= 0.3 is 0 Å². The largest absolute Gasteiger partial charge is 0.293 e. The Morgan fingerprint density at radius 2 is 1.82 bits per heavy atom. The lowest BCUT2D eigenvalue weighted by atomic mass is 10.2. The van der Waals surface area contributed by atoms with Gasteiger partial charge in [-0.1, -0.05) is 0 Å². The van der Waals surface area contributed by atoms with Crippen LogP contribution < -0.4 is 0 Å². The molecule has 0 aliphatic rings. The maximum Gasteiger partial charge on any atom is 0.194 e. The van der Waals surface area contributed by atoms with Crippen molar-refractivity contribution in [3.05, 3.63) is 40.7 Å². The molecule has 0 aliphatic heterocycles. The number of ketones is 1. The van der Waals surface area contributed by atoms with E-state index in [1.54, 1.807) is 0 Å². The van der Waals surface area contributed by atoms with Gasteiger partial charge in [0.15, 0.2) is 23.2 Å². The molecule has 0 atom stereocenters. The molecule has 0 aliphatic carbocycles. The molecule has 0 bridgehead atoms. The van der Waals surface area contributed by atoms with Crippen LogP contribution in [0.25, 0.3) is 10.6 Å². The molecule has 0 amide bonds. The fourth-order valence-corrected chi connectivity index (χ4v) is 2.09. The number of halogens is 3. The molecular formula is C11H6F3NOS. The molecule has 0 fully saturated rings. The highest BCUT2D eigenvalue weighted by atomic mass is 32.1. The Bertz CT molecular complexity index is 571. The lowest BCUT2D eigenvalue weighted by molar-refractivity contribution is 0.101. The second-order valence-corrected chi connectivity index (χ2v) is 4.21. The summed E-state index contributed by atoms with van der Waals surface area (Å²) in [7, 11) is 0. The summed E-state index contributed by atoms with van der Waals surface area (Å²) >= 11 is 1.07. The van der Waals surface area contributed by atoms with E-state index in [0.717, 1.165) is 23.5 Å². The van der Waals surface area contributed by atoms with E-state index in [1.807, 2.05) is 0 Å². The molecule has 0 radical (unpaired) electrons. The zero-order chi connectivity index (χ0) is 12.6. The summed E-state index contributed by atoms with van der Waals surface area (Å²) in [4.78, 5) is 14.9. The summed E-state index contributed by atoms with van der Waals surface area (Å²) in [6.07, 6.45) is 0. The van der Waals surface area contributed by atoms with E-state index in [1.165, 1.54) is 12.3 Å². The Kier molecular flexibility index (Phi) is 2.97. The fraction of sp³-hybridized carbons (Fsp3) is 0.0909. The van der Waals surface area contributed by atoms with Crippen molar-refractivity contribution >= 4 is 17.1 Å². The first-order valence-corrected chi connectivity index (χ1v) is 5.48. The van der Waals surface area contributed by atoms with Gasteiger partial charge in [0.05, 0.1) is 0 Å². The molecule has 1 aromatic carbocycles. The normalized spacial score (nSPS) is 10.6. The molecule has 0 saturated heterocycles. The Balaban J connectivity index is 2.49. The first-order valence-electron chi connectivity index (χ1n) is 4.60. The van der Waals surface area contributed by atoms with Crippen molar-refractivity contribution in [3.63, 3.8) is 0 Å². The standard InChI is InChI=1S/C11H6F3NOS/c1-5(16)9-4-17-11(15-9)6-2-7(12)10(14)8(13)3-6/h2-4H,1H3. The lowest BCUT2D eigenvalue weighted by Gasteiger charge is -1.99. The number of carbonyl (C=O) groups is 1. The topological polar surface area (TPSA) is 30.0 Å². The van der Waals surface area contributed by atoms with E-state index in [-0.39, 0.29) is 22.0 Å². The highest BCUT2D eigenvalue weighted by molar-refractivity contribution is 7.13. The number of hydrogen-bond acceptors (Lipinski definition) is 3. The summed E-state index contributed by atoms with van der Waals surface area (Å²) in [6.45, 7) is 1.34. The van der Waals surface area contributed by atoms with Crippen LogP contribution in [0.2, 0.25) is 0 Å². The van der Waals surface area contributed by atoms with Crippen LogP contribution >= 0.6 is 11.3 Å². The van der Waals surface area contributed by atoms with E-state index < -0.39 is 17.5 Å². The number of aromatic nitrogens is 1. The van der Waals surface area contributed by atoms with Crippen LogP contribution in [-0.2, 0) is 0 Å². The first-order chi connectivity index (χ1) is 7.99. The predicted molar refractivity (Wildman–Crippen MR) is 57.4 cm³/mol. The van der Waals surface area contributed by atoms with E-state index in [9.17, 15) is 18.0 Å². The zero-order valence-electron chi connectivity index (χ0n) is 8.63. The van der Waals surface area contributed by atoms with Gasteiger partial charge in [-0.05, 0) is 12.1 Å². The quantitative estimate of drug-likeness (QED) is 0.609. The number of Topliss-reactive ketones (excluding diaryl/α,β-unsaturated/α-hetero) is 1. The van der Waals surface area contributed by atoms with Crippen LogP contribution in [0.4, 0.5) is 13.2 Å². The molecule has 2 nitrogen and oxygen atoms in total. The summed E-state index contributed by atoms with van der Waals surface area (Å²) in [5, 5.41) is 1.75. The Labute approximate surface area is 98.7 Å². The van der Waals surface area contributed by atoms with Gasteiger partial charge in [-0.2, -0.15) is 0 Å². The van der Waals surface area contributed by atoms with Crippen molar-refractivity contribution in [2.75, 3.05) is 0 Å². The molecule has 0 spiro atoms. The fourth-order valence-electron chi connectivity index (χ4n) is 1.25. The second-order valence-electron chi connectivity index (χ2n) is 3.35. The summed E-state index contributed by atoms with van der Waals surface area (Å²) < 4.78 is 38.7. The number of hydrogen-bond donors (Lipinski definition) is 0. The van der Waals surface area contributed by atoms with Crippen molar-refractivity contribution in [1.29, 1.82) is 0 Å². The molecule has 17 heavy (non-hydrogen) atoms. The van der Waals surface area contributed by atoms with Gasteiger partial charge in [0.1, 0.15) is 10.7 Å². The molecule has 2 rings (SSSR count). The van der Waals surface area contributed by atoms with Gasteiger partial charge in [-0.15, -0.1) is 11.3 Å². The molecule has 1 heterocycles. The van der Waals surface area contributed by atoms with E-state index >= 15 is 0 Å². The molecule has 0 saturated carbocycles. The van der Waals surface area contributed by atoms with Gasteiger partial charge in [0.2, 0.25) is 0 Å². The average Bonchev–Trinajstić information content (AvgIpc) is 2.74. The zero-order valence-corrected chi connectivity index (χ0v) is 9.45. The van der Waals surface area contributed by atoms with Gasteiger partial charge < -0.3 is 0 Å². The Morgan fingerprint density at radius 3 is 2.29 bits per heavy atom. The molecule has 6 heteroatoms. The van der Waals surface area contributed by atoms with Gasteiger partial charge in [0.25, 0.3) is 0 Å². The molecular weight excluding hydrogens is 251 g/mol. The number of benzene rings is 1. The van der Waals surface area contributed by atoms with E-state index in [0.29, 0.717) is 0 Å². The van der Waals surface area contributed by atoms with E-state index in [2.05, 4.69) is 4.98 Å². The van der Waals surface area contributed by atoms with Crippen molar-refractivity contribution in [2.45, 2.75) is 6.92 Å². The number of nitrogens with zero attached hydrogens (tertiary/aromatic N) is 1. The third-order valence-corrected chi connectivity index (χ3v) is 2.99. The van der Waals surface area contributed by atoms with Crippen LogP contribution in [0.1, 0.15) is 17.4 Å². The molecule has 1 aromatic heterocycles. The Morgan fingerprint density at radius 1 is 1.24 bits per heavy atom. The molecule has 0 N–H and O–H groups in total. The summed E-state index contributed by atoms with van der Waals surface area (Å²) in [5.74, 6) is -4.31. The second kappa shape index (κ2) is 4.29. The molecule has 88 valence electrons. The highest BCUT2D eigenvalue weighted by Crippen LogP contribution is 2.26. The van der Waals surface area contributed by atoms with Crippen LogP contribution in [-0.4, -0.2) is 10.8 Å². The van der Waals surface area contributed by atoms with Crippen molar-refractivity contribution in [2.24, 2.45) is 0 Å². The summed E-state index contributed by atoms with van der Waals surface area (Å²) in [5.41, 5.74) is 0.328. The minimum atomic E-state index is -1.52. The maximum atomic E-state index is 13.0. The molecule has 2 aromatic rings. The number of thiazole rings is 1. The van der Waals surface area contributed by atoms with Gasteiger partial charge in [-0.3, -0.25) is 4.79 Å². The molecule has 0 unspecified atom stereocenters. The SMILES string of the molecule is CC(=O)c1csc(-c2cc(F)c(F)c(F)c2)n1. The smallest absolute Gasteiger partial charge is 0.194 e. The summed E-state index contributed by atoms with van der Waals surface area (Å²) in [6, 6.07) is 1.70. The maximum absolute atomic E-state index is 13.0. The van der Waals surface area contributed by atoms with Gasteiger partial charge in [-0.25, -0.2) is 18.2 Å². The average molecular weight is 257 g/mol. The predicted octanol–water partition coefficient (Wildman–Crippen LogP) is 3.43. The highest BCUT2D eigenvalue weighted by Gasteiger charge is 2.14. The first kappa shape index (κ1) is 11.8. The van der Waals surface area contributed by atoms with Crippen molar-refractivity contribution in [1.82, 2.24) is 4.98 Å². The third kappa shape index (κ3) is 2.21. The lowest BCUT2D eigenvalue weighted by Crippen LogP contribution is -1.93. The van der Waals surface area contributed by atoms with Crippen molar-refractivity contribution in [3.8, 4) is 10.6 Å². The third-order valence-electron chi connectivity index (χ3n) is 2.10. The minimum Gasteiger partial charge on any atom is -0.293 e. The van der Waals surface area contributed by atoms with E-state index in [4.69, 9.17) is 0 Å². The van der Waals surface area contributed by atoms with Crippen LogP contribution in [0.3, 0.4) is 0 Å². The minimum absolute atomic E-state index is 0.110. The van der Waals surface area contributed by atoms with Crippen molar-refractivity contribution < 1.29 is 18.0 Å². The Hall–Kier alpha value is -1.69. The van der Waals surface area contributed by atoms with Crippen LogP contribution in [0.15, 0.2) is 17.5 Å². The van der Waals surface area contributed by atoms with Crippen LogP contribution in [0, 0.1) is 17.5 Å².